The minimum absolute atomic E-state index is 0.00509. The Labute approximate surface area is 181 Å². The number of rotatable bonds is 7. The van der Waals surface area contributed by atoms with Crippen LogP contribution in [0.5, 0.6) is 11.5 Å². The van der Waals surface area contributed by atoms with Crippen LogP contribution in [0.1, 0.15) is 12.5 Å². The number of benzene rings is 2. The highest BCUT2D eigenvalue weighted by Crippen LogP contribution is 2.26. The number of anilines is 2. The first-order chi connectivity index (χ1) is 15.0. The van der Waals surface area contributed by atoms with Gasteiger partial charge in [-0.3, -0.25) is 4.79 Å². The minimum Gasteiger partial charge on any atom is -0.504 e. The molecule has 0 radical (unpaired) electrons. The zero-order chi connectivity index (χ0) is 22.2. The van der Waals surface area contributed by atoms with Crippen LogP contribution in [0.25, 0.3) is 6.08 Å². The molecule has 0 saturated carbocycles. The van der Waals surface area contributed by atoms with Gasteiger partial charge in [-0.25, -0.2) is 4.79 Å². The van der Waals surface area contributed by atoms with Gasteiger partial charge in [-0.05, 0) is 55.0 Å². The average molecular weight is 426 g/mol. The van der Waals surface area contributed by atoms with Gasteiger partial charge in [0, 0.05) is 30.5 Å². The van der Waals surface area contributed by atoms with Gasteiger partial charge in [-0.2, -0.15) is 0 Å². The van der Waals surface area contributed by atoms with E-state index in [4.69, 9.17) is 14.2 Å². The van der Waals surface area contributed by atoms with Crippen molar-refractivity contribution in [2.24, 2.45) is 0 Å². The Morgan fingerprint density at radius 3 is 2.55 bits per heavy atom. The first-order valence-electron chi connectivity index (χ1n) is 9.95. The van der Waals surface area contributed by atoms with Crippen LogP contribution in [0.15, 0.2) is 48.5 Å². The maximum absolute atomic E-state index is 12.3. The molecule has 0 spiro atoms. The Hall–Kier alpha value is -3.52. The second-order valence-electron chi connectivity index (χ2n) is 6.98. The number of morpholine rings is 1. The molecule has 3 rings (SSSR count). The van der Waals surface area contributed by atoms with Crippen LogP contribution in [-0.4, -0.2) is 56.5 Å². The second-order valence-corrected chi connectivity index (χ2v) is 6.98. The fraction of sp³-hybridized carbons (Fsp3) is 0.304. The third kappa shape index (κ3) is 6.23. The lowest BCUT2D eigenvalue weighted by molar-refractivity contribution is -0.148. The molecule has 1 aliphatic rings. The molecule has 2 aromatic carbocycles. The predicted molar refractivity (Wildman–Crippen MR) is 117 cm³/mol. The summed E-state index contributed by atoms with van der Waals surface area (Å²) in [6, 6.07) is 12.2. The van der Waals surface area contributed by atoms with Crippen LogP contribution >= 0.6 is 0 Å². The smallest absolute Gasteiger partial charge is 0.331 e. The first kappa shape index (κ1) is 22.2. The number of carbonyl (C=O) groups is 2. The molecule has 8 nitrogen and oxygen atoms in total. The Balaban J connectivity index is 1.51. The quantitative estimate of drug-likeness (QED) is 0.519. The molecular weight excluding hydrogens is 400 g/mol. The molecule has 0 bridgehead atoms. The van der Waals surface area contributed by atoms with Crippen molar-refractivity contribution in [1.82, 2.24) is 0 Å². The largest absolute Gasteiger partial charge is 0.504 e. The number of nitrogens with one attached hydrogen (secondary N) is 1. The number of phenols is 1. The van der Waals surface area contributed by atoms with Gasteiger partial charge in [0.2, 0.25) is 0 Å². The van der Waals surface area contributed by atoms with E-state index in [-0.39, 0.29) is 5.75 Å². The van der Waals surface area contributed by atoms with Crippen LogP contribution in [0, 0.1) is 0 Å². The zero-order valence-corrected chi connectivity index (χ0v) is 17.5. The number of nitrogens with zero attached hydrogens (tertiary/aromatic N) is 1. The normalized spacial score (nSPS) is 14.8. The molecule has 1 amide bonds. The van der Waals surface area contributed by atoms with Gasteiger partial charge in [0.05, 0.1) is 20.3 Å². The van der Waals surface area contributed by atoms with Gasteiger partial charge in [-0.15, -0.1) is 0 Å². The molecule has 8 heteroatoms. The summed E-state index contributed by atoms with van der Waals surface area (Å²) in [5.41, 5.74) is 2.33. The van der Waals surface area contributed by atoms with E-state index >= 15 is 0 Å². The van der Waals surface area contributed by atoms with Crippen molar-refractivity contribution in [3.05, 3.63) is 54.1 Å². The molecule has 2 aromatic rings. The van der Waals surface area contributed by atoms with E-state index in [9.17, 15) is 14.7 Å². The van der Waals surface area contributed by atoms with Crippen LogP contribution in [0.4, 0.5) is 11.4 Å². The molecule has 2 N–H and O–H groups in total. The molecule has 0 aromatic heterocycles. The minimum atomic E-state index is -0.967. The van der Waals surface area contributed by atoms with Crippen molar-refractivity contribution in [3.63, 3.8) is 0 Å². The number of hydrogen-bond acceptors (Lipinski definition) is 7. The highest BCUT2D eigenvalue weighted by molar-refractivity contribution is 5.96. The van der Waals surface area contributed by atoms with Gasteiger partial charge in [0.1, 0.15) is 0 Å². The van der Waals surface area contributed by atoms with E-state index in [0.29, 0.717) is 30.2 Å². The first-order valence-corrected chi connectivity index (χ1v) is 9.95. The summed E-state index contributed by atoms with van der Waals surface area (Å²) in [6.07, 6.45) is 1.76. The molecule has 1 atom stereocenters. The maximum Gasteiger partial charge on any atom is 0.331 e. The molecule has 1 aliphatic heterocycles. The number of aromatic hydroxyl groups is 1. The molecule has 31 heavy (non-hydrogen) atoms. The topological polar surface area (TPSA) is 97.3 Å². The van der Waals surface area contributed by atoms with Gasteiger partial charge in [0.15, 0.2) is 17.6 Å². The predicted octanol–water partition coefficient (Wildman–Crippen LogP) is 2.82. The van der Waals surface area contributed by atoms with Crippen LogP contribution < -0.4 is 15.0 Å². The number of ether oxygens (including phenoxy) is 3. The zero-order valence-electron chi connectivity index (χ0n) is 17.5. The Bertz CT molecular complexity index is 936. The SMILES string of the molecule is COc1cc(/C=C/C(=O)OC(C)C(=O)Nc2ccc(N3CCOCC3)cc2)ccc1O. The van der Waals surface area contributed by atoms with E-state index < -0.39 is 18.0 Å². The van der Waals surface area contributed by atoms with Crippen molar-refractivity contribution in [1.29, 1.82) is 0 Å². The van der Waals surface area contributed by atoms with Crippen molar-refractivity contribution >= 4 is 29.3 Å². The van der Waals surface area contributed by atoms with Gasteiger partial charge < -0.3 is 29.5 Å². The average Bonchev–Trinajstić information content (AvgIpc) is 2.79. The molecule has 1 saturated heterocycles. The standard InChI is InChI=1S/C23H26N2O6/c1-16(31-22(27)10-4-17-3-9-20(26)21(15-17)29-2)23(28)24-18-5-7-19(8-6-18)25-11-13-30-14-12-25/h3-10,15-16,26H,11-14H2,1-2H3,(H,24,28)/b10-4+. The van der Waals surface area contributed by atoms with E-state index in [1.807, 2.05) is 24.3 Å². The molecule has 1 heterocycles. The highest BCUT2D eigenvalue weighted by atomic mass is 16.5. The van der Waals surface area contributed by atoms with E-state index in [0.717, 1.165) is 18.8 Å². The summed E-state index contributed by atoms with van der Waals surface area (Å²) in [4.78, 5) is 26.6. The number of carbonyl (C=O) groups excluding carboxylic acids is 2. The van der Waals surface area contributed by atoms with E-state index in [1.165, 1.54) is 32.3 Å². The number of amides is 1. The highest BCUT2D eigenvalue weighted by Gasteiger charge is 2.17. The Kier molecular flexibility index (Phi) is 7.50. The summed E-state index contributed by atoms with van der Waals surface area (Å²) in [5, 5.41) is 12.3. The Morgan fingerprint density at radius 1 is 1.16 bits per heavy atom. The lowest BCUT2D eigenvalue weighted by Crippen LogP contribution is -2.36. The third-order valence-corrected chi connectivity index (χ3v) is 4.79. The molecule has 0 aliphatic carbocycles. The summed E-state index contributed by atoms with van der Waals surface area (Å²) in [7, 11) is 1.44. The van der Waals surface area contributed by atoms with Crippen LogP contribution in [0.2, 0.25) is 0 Å². The number of esters is 1. The van der Waals surface area contributed by atoms with Crippen molar-refractivity contribution in [2.45, 2.75) is 13.0 Å². The lowest BCUT2D eigenvalue weighted by Gasteiger charge is -2.28. The number of hydrogen-bond donors (Lipinski definition) is 2. The summed E-state index contributed by atoms with van der Waals surface area (Å²) in [6.45, 7) is 4.59. The van der Waals surface area contributed by atoms with E-state index in [2.05, 4.69) is 10.2 Å². The molecule has 164 valence electrons. The van der Waals surface area contributed by atoms with Crippen LogP contribution in [-0.2, 0) is 19.1 Å². The fourth-order valence-electron chi connectivity index (χ4n) is 3.05. The molecule has 1 fully saturated rings. The Morgan fingerprint density at radius 2 is 1.87 bits per heavy atom. The number of phenolic OH excluding ortho intramolecular Hbond substituents is 1. The van der Waals surface area contributed by atoms with Crippen molar-refractivity contribution in [2.75, 3.05) is 43.6 Å². The summed E-state index contributed by atoms with van der Waals surface area (Å²) in [5.74, 6) is -0.780. The summed E-state index contributed by atoms with van der Waals surface area (Å²) >= 11 is 0. The van der Waals surface area contributed by atoms with Crippen molar-refractivity contribution < 1.29 is 28.9 Å². The van der Waals surface area contributed by atoms with Crippen LogP contribution in [0.3, 0.4) is 0 Å². The lowest BCUT2D eigenvalue weighted by atomic mass is 10.2. The molecular formula is C23H26N2O6. The fourth-order valence-corrected chi connectivity index (χ4v) is 3.05. The maximum atomic E-state index is 12.3. The molecule has 1 unspecified atom stereocenters. The van der Waals surface area contributed by atoms with Gasteiger partial charge in [-0.1, -0.05) is 6.07 Å². The van der Waals surface area contributed by atoms with Gasteiger partial charge in [0.25, 0.3) is 5.91 Å². The summed E-state index contributed by atoms with van der Waals surface area (Å²) < 4.78 is 15.5. The van der Waals surface area contributed by atoms with Crippen molar-refractivity contribution in [3.8, 4) is 11.5 Å². The monoisotopic (exact) mass is 426 g/mol. The second kappa shape index (κ2) is 10.5. The number of methoxy groups -OCH3 is 1. The van der Waals surface area contributed by atoms with Gasteiger partial charge >= 0.3 is 5.97 Å². The third-order valence-electron chi connectivity index (χ3n) is 4.79. The van der Waals surface area contributed by atoms with E-state index in [1.54, 1.807) is 12.1 Å².